The molecule has 0 spiro atoms. The first-order valence-electron chi connectivity index (χ1n) is 6.15. The zero-order valence-electron chi connectivity index (χ0n) is 11.3. The summed E-state index contributed by atoms with van der Waals surface area (Å²) in [6.45, 7) is 1.23. The summed E-state index contributed by atoms with van der Waals surface area (Å²) in [4.78, 5) is 4.20. The van der Waals surface area contributed by atoms with E-state index >= 15 is 0 Å². The third-order valence-electron chi connectivity index (χ3n) is 2.96. The Morgan fingerprint density at radius 3 is 2.90 bits per heavy atom. The number of hydrogen-bond acceptors (Lipinski definition) is 4. The van der Waals surface area contributed by atoms with Gasteiger partial charge in [-0.15, -0.1) is 0 Å². The molecule has 0 radical (unpaired) electrons. The molecule has 5 nitrogen and oxygen atoms in total. The summed E-state index contributed by atoms with van der Waals surface area (Å²) in [5.74, 6) is 0. The molecule has 2 aromatic heterocycles. The van der Waals surface area contributed by atoms with Crippen LogP contribution in [0.25, 0.3) is 0 Å². The van der Waals surface area contributed by atoms with E-state index in [0.717, 1.165) is 15.7 Å². The molecule has 0 aliphatic rings. The Labute approximate surface area is 131 Å². The molecule has 0 aliphatic heterocycles. The highest BCUT2D eigenvalue weighted by molar-refractivity contribution is 9.10. The molecule has 1 atom stereocenters. The van der Waals surface area contributed by atoms with E-state index in [1.165, 1.54) is 0 Å². The van der Waals surface area contributed by atoms with Crippen molar-refractivity contribution in [1.29, 1.82) is 0 Å². The molecular formula is C13H16BrClN4O. The largest absolute Gasteiger partial charge is 0.383 e. The lowest BCUT2D eigenvalue weighted by Crippen LogP contribution is -2.23. The number of ether oxygens (including phenoxy) is 1. The van der Waals surface area contributed by atoms with E-state index < -0.39 is 0 Å². The summed E-state index contributed by atoms with van der Waals surface area (Å²) in [5, 5.41) is 8.19. The van der Waals surface area contributed by atoms with Crippen LogP contribution in [0.2, 0.25) is 5.02 Å². The van der Waals surface area contributed by atoms with Crippen LogP contribution >= 0.6 is 27.5 Å². The molecule has 2 rings (SSSR count). The monoisotopic (exact) mass is 358 g/mol. The Balaban J connectivity index is 2.38. The van der Waals surface area contributed by atoms with Gasteiger partial charge in [0.15, 0.2) is 0 Å². The summed E-state index contributed by atoms with van der Waals surface area (Å²) < 4.78 is 7.88. The van der Waals surface area contributed by atoms with E-state index in [0.29, 0.717) is 18.2 Å². The number of methoxy groups -OCH3 is 1. The van der Waals surface area contributed by atoms with Gasteiger partial charge in [0.2, 0.25) is 0 Å². The minimum absolute atomic E-state index is 0.0770. The molecule has 0 aromatic carbocycles. The van der Waals surface area contributed by atoms with Crippen LogP contribution in [0.3, 0.4) is 0 Å². The lowest BCUT2D eigenvalue weighted by Gasteiger charge is -2.19. The Hall–Kier alpha value is -0.950. The standard InChI is InChI=1S/C13H16BrClN4O/c1-16-12(9-5-10(14)7-17-6-9)13-11(15)8-18-19(13)3-4-20-2/h5-8,12,16H,3-4H2,1-2H3. The molecule has 2 heterocycles. The lowest BCUT2D eigenvalue weighted by atomic mass is 10.1. The zero-order chi connectivity index (χ0) is 14.5. The third-order valence-corrected chi connectivity index (χ3v) is 3.69. The Morgan fingerprint density at radius 2 is 2.25 bits per heavy atom. The molecule has 7 heteroatoms. The average Bonchev–Trinajstić information content (AvgIpc) is 2.79. The minimum Gasteiger partial charge on any atom is -0.383 e. The van der Waals surface area contributed by atoms with Gasteiger partial charge in [-0.3, -0.25) is 9.67 Å². The van der Waals surface area contributed by atoms with Gasteiger partial charge < -0.3 is 10.1 Å². The van der Waals surface area contributed by atoms with Crippen molar-refractivity contribution in [3.05, 3.63) is 45.4 Å². The first-order valence-corrected chi connectivity index (χ1v) is 7.32. The fourth-order valence-corrected chi connectivity index (χ4v) is 2.70. The molecule has 0 saturated carbocycles. The molecule has 2 aromatic rings. The molecule has 1 unspecified atom stereocenters. The number of aromatic nitrogens is 3. The van der Waals surface area contributed by atoms with Gasteiger partial charge in [0.1, 0.15) is 0 Å². The molecular weight excluding hydrogens is 344 g/mol. The van der Waals surface area contributed by atoms with E-state index in [1.54, 1.807) is 19.5 Å². The number of pyridine rings is 1. The second-order valence-corrected chi connectivity index (χ2v) is 5.57. The predicted octanol–water partition coefficient (Wildman–Crippen LogP) is 2.65. The van der Waals surface area contributed by atoms with Crippen molar-refractivity contribution < 1.29 is 4.74 Å². The fourth-order valence-electron chi connectivity index (χ4n) is 2.06. The Kier molecular flexibility index (Phi) is 5.54. The molecule has 0 aliphatic carbocycles. The van der Waals surface area contributed by atoms with Gasteiger partial charge in [-0.2, -0.15) is 5.10 Å². The van der Waals surface area contributed by atoms with Crippen LogP contribution in [0.15, 0.2) is 29.1 Å². The maximum atomic E-state index is 6.29. The molecule has 0 amide bonds. The number of halogens is 2. The van der Waals surface area contributed by atoms with Crippen LogP contribution in [0.1, 0.15) is 17.3 Å². The van der Waals surface area contributed by atoms with Crippen molar-refractivity contribution in [1.82, 2.24) is 20.1 Å². The van der Waals surface area contributed by atoms with E-state index in [2.05, 4.69) is 31.3 Å². The highest BCUT2D eigenvalue weighted by atomic mass is 79.9. The molecule has 0 bridgehead atoms. The number of nitrogens with one attached hydrogen (secondary N) is 1. The Morgan fingerprint density at radius 1 is 1.45 bits per heavy atom. The predicted molar refractivity (Wildman–Crippen MR) is 82.0 cm³/mol. The normalized spacial score (nSPS) is 12.6. The highest BCUT2D eigenvalue weighted by Crippen LogP contribution is 2.28. The van der Waals surface area contributed by atoms with Crippen molar-refractivity contribution in [2.24, 2.45) is 0 Å². The second-order valence-electron chi connectivity index (χ2n) is 4.25. The first-order chi connectivity index (χ1) is 9.67. The van der Waals surface area contributed by atoms with Crippen LogP contribution in [-0.4, -0.2) is 35.5 Å². The van der Waals surface area contributed by atoms with Gasteiger partial charge in [0.25, 0.3) is 0 Å². The third kappa shape index (κ3) is 3.38. The minimum atomic E-state index is -0.0770. The van der Waals surface area contributed by atoms with Crippen molar-refractivity contribution in [2.45, 2.75) is 12.6 Å². The zero-order valence-corrected chi connectivity index (χ0v) is 13.6. The van der Waals surface area contributed by atoms with Crippen molar-refractivity contribution in [2.75, 3.05) is 20.8 Å². The highest BCUT2D eigenvalue weighted by Gasteiger charge is 2.21. The average molecular weight is 360 g/mol. The molecule has 0 fully saturated rings. The van der Waals surface area contributed by atoms with Crippen LogP contribution in [0.5, 0.6) is 0 Å². The number of rotatable bonds is 6. The fraction of sp³-hybridized carbons (Fsp3) is 0.385. The molecule has 20 heavy (non-hydrogen) atoms. The van der Waals surface area contributed by atoms with Crippen LogP contribution in [0, 0.1) is 0 Å². The maximum Gasteiger partial charge on any atom is 0.0837 e. The van der Waals surface area contributed by atoms with Crippen molar-refractivity contribution in [3.8, 4) is 0 Å². The summed E-state index contributed by atoms with van der Waals surface area (Å²) in [5.41, 5.74) is 1.93. The maximum absolute atomic E-state index is 6.29. The second kappa shape index (κ2) is 7.17. The van der Waals surface area contributed by atoms with E-state index in [-0.39, 0.29) is 6.04 Å². The topological polar surface area (TPSA) is 52.0 Å². The molecule has 1 N–H and O–H groups in total. The van der Waals surface area contributed by atoms with Gasteiger partial charge in [-0.1, -0.05) is 11.6 Å². The lowest BCUT2D eigenvalue weighted by molar-refractivity contribution is 0.182. The van der Waals surface area contributed by atoms with E-state index in [4.69, 9.17) is 16.3 Å². The summed E-state index contributed by atoms with van der Waals surface area (Å²) in [6, 6.07) is 1.94. The summed E-state index contributed by atoms with van der Waals surface area (Å²) >= 11 is 9.73. The van der Waals surface area contributed by atoms with E-state index in [1.807, 2.05) is 24.0 Å². The first kappa shape index (κ1) is 15.4. The van der Waals surface area contributed by atoms with Gasteiger partial charge >= 0.3 is 0 Å². The van der Waals surface area contributed by atoms with Gasteiger partial charge in [-0.05, 0) is 34.6 Å². The molecule has 108 valence electrons. The number of hydrogen-bond donors (Lipinski definition) is 1. The van der Waals surface area contributed by atoms with Gasteiger partial charge in [0.05, 0.1) is 36.1 Å². The van der Waals surface area contributed by atoms with Crippen LogP contribution in [0.4, 0.5) is 0 Å². The quantitative estimate of drug-likeness (QED) is 0.861. The van der Waals surface area contributed by atoms with Gasteiger partial charge in [0, 0.05) is 24.0 Å². The smallest absolute Gasteiger partial charge is 0.0837 e. The summed E-state index contributed by atoms with van der Waals surface area (Å²) in [6.07, 6.45) is 5.22. The Bertz CT molecular complexity index is 575. The van der Waals surface area contributed by atoms with E-state index in [9.17, 15) is 0 Å². The van der Waals surface area contributed by atoms with Crippen LogP contribution in [-0.2, 0) is 11.3 Å². The SMILES string of the molecule is CNC(c1cncc(Br)c1)c1c(Cl)cnn1CCOC. The molecule has 0 saturated heterocycles. The van der Waals surface area contributed by atoms with Gasteiger partial charge in [-0.25, -0.2) is 0 Å². The van der Waals surface area contributed by atoms with Crippen LogP contribution < -0.4 is 5.32 Å². The summed E-state index contributed by atoms with van der Waals surface area (Å²) in [7, 11) is 3.55. The van der Waals surface area contributed by atoms with Crippen molar-refractivity contribution >= 4 is 27.5 Å². The number of nitrogens with zero attached hydrogens (tertiary/aromatic N) is 3. The van der Waals surface area contributed by atoms with Crippen molar-refractivity contribution in [3.63, 3.8) is 0 Å².